The molecule has 1 atom stereocenters. The lowest BCUT2D eigenvalue weighted by atomic mass is 9.99. The van der Waals surface area contributed by atoms with Crippen LogP contribution in [0.3, 0.4) is 0 Å². The molecule has 0 radical (unpaired) electrons. The lowest BCUT2D eigenvalue weighted by molar-refractivity contribution is 0.373. The van der Waals surface area contributed by atoms with Crippen LogP contribution >= 0.6 is 0 Å². The smallest absolute Gasteiger partial charge is 0.264 e. The number of unbranched alkanes of at least 4 members (excludes halogenated alkanes) is 1. The summed E-state index contributed by atoms with van der Waals surface area (Å²) in [6.07, 6.45) is 7.29. The molecule has 4 heteroatoms. The molecule has 1 aromatic heterocycles. The third kappa shape index (κ3) is 3.80. The Morgan fingerprint density at radius 1 is 1.24 bits per heavy atom. The fraction of sp³-hybridized carbons (Fsp3) is 0.615. The van der Waals surface area contributed by atoms with Crippen molar-refractivity contribution in [2.75, 3.05) is 0 Å². The summed E-state index contributed by atoms with van der Waals surface area (Å²) in [5.74, 6) is -0.276. The van der Waals surface area contributed by atoms with Crippen LogP contribution in [0.5, 0.6) is 11.5 Å². The number of aromatic nitrogens is 1. The Hall–Kier alpha value is -1.45. The highest BCUT2D eigenvalue weighted by atomic mass is 16.3. The average molecular weight is 239 g/mol. The van der Waals surface area contributed by atoms with Gasteiger partial charge in [-0.1, -0.05) is 33.1 Å². The molecule has 1 heterocycles. The van der Waals surface area contributed by atoms with Gasteiger partial charge in [-0.2, -0.15) is 0 Å². The van der Waals surface area contributed by atoms with E-state index < -0.39 is 16.9 Å². The van der Waals surface area contributed by atoms with E-state index in [2.05, 4.69) is 13.8 Å². The first kappa shape index (κ1) is 13.6. The van der Waals surface area contributed by atoms with E-state index in [9.17, 15) is 15.0 Å². The molecular weight excluding hydrogens is 218 g/mol. The second-order valence-electron chi connectivity index (χ2n) is 4.47. The molecule has 0 amide bonds. The van der Waals surface area contributed by atoms with Gasteiger partial charge in [-0.05, 0) is 12.3 Å². The van der Waals surface area contributed by atoms with Gasteiger partial charge < -0.3 is 14.8 Å². The van der Waals surface area contributed by atoms with Gasteiger partial charge in [-0.25, -0.2) is 0 Å². The molecule has 0 aliphatic heterocycles. The van der Waals surface area contributed by atoms with Crippen LogP contribution in [0.2, 0.25) is 0 Å². The molecule has 0 saturated heterocycles. The quantitative estimate of drug-likeness (QED) is 0.801. The van der Waals surface area contributed by atoms with Gasteiger partial charge in [-0.3, -0.25) is 4.79 Å². The maximum Gasteiger partial charge on any atom is 0.264 e. The molecule has 0 bridgehead atoms. The second kappa shape index (κ2) is 6.33. The molecule has 0 saturated carbocycles. The van der Waals surface area contributed by atoms with Gasteiger partial charge >= 0.3 is 0 Å². The van der Waals surface area contributed by atoms with Crippen LogP contribution in [0.15, 0.2) is 17.2 Å². The predicted molar refractivity (Wildman–Crippen MR) is 67.3 cm³/mol. The fourth-order valence-corrected chi connectivity index (χ4v) is 1.92. The Labute approximate surface area is 102 Å². The highest BCUT2D eigenvalue weighted by Crippen LogP contribution is 2.17. The summed E-state index contributed by atoms with van der Waals surface area (Å²) in [6.45, 7) is 5.00. The van der Waals surface area contributed by atoms with Crippen molar-refractivity contribution in [1.29, 1.82) is 0 Å². The summed E-state index contributed by atoms with van der Waals surface area (Å²) >= 11 is 0. The van der Waals surface area contributed by atoms with E-state index in [1.807, 2.05) is 0 Å². The van der Waals surface area contributed by atoms with E-state index in [0.717, 1.165) is 25.8 Å². The predicted octanol–water partition coefficient (Wildman–Crippen LogP) is 2.48. The molecule has 1 rings (SSSR count). The van der Waals surface area contributed by atoms with Gasteiger partial charge in [0.25, 0.3) is 5.43 Å². The molecule has 0 aliphatic carbocycles. The molecule has 0 aliphatic rings. The Kier molecular flexibility index (Phi) is 5.07. The SMILES string of the molecule is CCCCC(CC)Cn1cc(O)c(=O)c(O)c1. The minimum Gasteiger partial charge on any atom is -0.503 e. The van der Waals surface area contributed by atoms with Crippen LogP contribution in [0.4, 0.5) is 0 Å². The van der Waals surface area contributed by atoms with Crippen LogP contribution in [-0.2, 0) is 6.54 Å². The molecule has 0 spiro atoms. The molecular formula is C13H21NO3. The summed E-state index contributed by atoms with van der Waals surface area (Å²) in [7, 11) is 0. The van der Waals surface area contributed by atoms with Crippen molar-refractivity contribution in [3.05, 3.63) is 22.6 Å². The van der Waals surface area contributed by atoms with E-state index >= 15 is 0 Å². The molecule has 17 heavy (non-hydrogen) atoms. The van der Waals surface area contributed by atoms with Crippen molar-refractivity contribution >= 4 is 0 Å². The molecule has 0 fully saturated rings. The van der Waals surface area contributed by atoms with E-state index in [1.54, 1.807) is 4.57 Å². The topological polar surface area (TPSA) is 62.5 Å². The third-order valence-electron chi connectivity index (χ3n) is 3.05. The highest BCUT2D eigenvalue weighted by molar-refractivity contribution is 5.26. The minimum atomic E-state index is -0.706. The van der Waals surface area contributed by atoms with Crippen molar-refractivity contribution in [3.8, 4) is 11.5 Å². The number of rotatable bonds is 6. The first-order valence-corrected chi connectivity index (χ1v) is 6.20. The second-order valence-corrected chi connectivity index (χ2v) is 4.47. The maximum atomic E-state index is 11.1. The van der Waals surface area contributed by atoms with E-state index in [4.69, 9.17) is 0 Å². The number of pyridine rings is 1. The summed E-state index contributed by atoms with van der Waals surface area (Å²) < 4.78 is 1.69. The van der Waals surface area contributed by atoms with Gasteiger partial charge in [0.05, 0.1) is 12.4 Å². The molecule has 4 nitrogen and oxygen atoms in total. The van der Waals surface area contributed by atoms with Crippen LogP contribution in [-0.4, -0.2) is 14.8 Å². The van der Waals surface area contributed by atoms with Crippen molar-refractivity contribution in [3.63, 3.8) is 0 Å². The third-order valence-corrected chi connectivity index (χ3v) is 3.05. The van der Waals surface area contributed by atoms with Crippen molar-refractivity contribution < 1.29 is 10.2 Å². The summed E-state index contributed by atoms with van der Waals surface area (Å²) in [4.78, 5) is 11.1. The Morgan fingerprint density at radius 2 is 1.82 bits per heavy atom. The zero-order valence-electron chi connectivity index (χ0n) is 10.5. The largest absolute Gasteiger partial charge is 0.503 e. The molecule has 1 unspecified atom stereocenters. The summed E-state index contributed by atoms with van der Waals surface area (Å²) in [5, 5.41) is 18.7. The van der Waals surface area contributed by atoms with E-state index in [-0.39, 0.29) is 0 Å². The van der Waals surface area contributed by atoms with Crippen LogP contribution in [0.25, 0.3) is 0 Å². The van der Waals surface area contributed by atoms with Gasteiger partial charge in [0.2, 0.25) is 0 Å². The minimum absolute atomic E-state index is 0.393. The number of hydrogen-bond donors (Lipinski definition) is 2. The van der Waals surface area contributed by atoms with Gasteiger partial charge in [0.15, 0.2) is 11.5 Å². The number of nitrogens with zero attached hydrogens (tertiary/aromatic N) is 1. The average Bonchev–Trinajstić information content (AvgIpc) is 2.31. The standard InChI is InChI=1S/C13H21NO3/c1-3-5-6-10(4-2)7-14-8-11(15)13(17)12(16)9-14/h8-10,15-16H,3-7H2,1-2H3. The summed E-state index contributed by atoms with van der Waals surface area (Å²) in [6, 6.07) is 0. The highest BCUT2D eigenvalue weighted by Gasteiger charge is 2.09. The van der Waals surface area contributed by atoms with Crippen molar-refractivity contribution in [2.45, 2.75) is 46.1 Å². The lowest BCUT2D eigenvalue weighted by Gasteiger charge is -2.16. The molecule has 2 N–H and O–H groups in total. The maximum absolute atomic E-state index is 11.1. The Bertz CT molecular complexity index is 385. The van der Waals surface area contributed by atoms with Crippen LogP contribution in [0.1, 0.15) is 39.5 Å². The van der Waals surface area contributed by atoms with Gasteiger partial charge in [0.1, 0.15) is 0 Å². The van der Waals surface area contributed by atoms with Gasteiger partial charge in [0, 0.05) is 6.54 Å². The van der Waals surface area contributed by atoms with Crippen LogP contribution in [0, 0.1) is 5.92 Å². The van der Waals surface area contributed by atoms with E-state index in [0.29, 0.717) is 5.92 Å². The lowest BCUT2D eigenvalue weighted by Crippen LogP contribution is -2.13. The monoisotopic (exact) mass is 239 g/mol. The number of hydrogen-bond acceptors (Lipinski definition) is 3. The van der Waals surface area contributed by atoms with Crippen LogP contribution < -0.4 is 5.43 Å². The fourth-order valence-electron chi connectivity index (χ4n) is 1.92. The molecule has 1 aromatic rings. The summed E-state index contributed by atoms with van der Waals surface area (Å²) in [5.41, 5.74) is -0.706. The first-order valence-electron chi connectivity index (χ1n) is 6.20. The zero-order chi connectivity index (χ0) is 12.8. The zero-order valence-corrected chi connectivity index (χ0v) is 10.5. The van der Waals surface area contributed by atoms with Crippen molar-refractivity contribution in [1.82, 2.24) is 4.57 Å². The first-order chi connectivity index (χ1) is 8.08. The Morgan fingerprint density at radius 3 is 2.29 bits per heavy atom. The number of aromatic hydroxyl groups is 2. The Balaban J connectivity index is 2.76. The van der Waals surface area contributed by atoms with Crippen molar-refractivity contribution in [2.24, 2.45) is 5.92 Å². The molecule has 96 valence electrons. The van der Waals surface area contributed by atoms with E-state index in [1.165, 1.54) is 18.8 Å². The van der Waals surface area contributed by atoms with Gasteiger partial charge in [-0.15, -0.1) is 0 Å². The normalized spacial score (nSPS) is 12.6. The molecule has 0 aromatic carbocycles.